The van der Waals surface area contributed by atoms with Gasteiger partial charge in [-0.2, -0.15) is 11.8 Å². The Kier molecular flexibility index (Phi) is 3.24. The number of imidazole rings is 1. The van der Waals surface area contributed by atoms with Crippen molar-refractivity contribution in [2.75, 3.05) is 23.5 Å². The first-order valence-electron chi connectivity index (χ1n) is 6.36. The van der Waals surface area contributed by atoms with Crippen LogP contribution in [0, 0.1) is 0 Å². The predicted octanol–water partition coefficient (Wildman–Crippen LogP) is 1.71. The molecule has 1 aliphatic rings. The second-order valence-corrected chi connectivity index (χ2v) is 6.15. The van der Waals surface area contributed by atoms with Crippen LogP contribution in [0.2, 0.25) is 0 Å². The maximum atomic E-state index is 5.45. The summed E-state index contributed by atoms with van der Waals surface area (Å²) in [4.78, 5) is 8.77. The molecule has 0 atom stereocenters. The zero-order valence-electron chi connectivity index (χ0n) is 10.9. The fourth-order valence-electron chi connectivity index (χ4n) is 2.39. The number of aromatic nitrogens is 3. The van der Waals surface area contributed by atoms with Gasteiger partial charge >= 0.3 is 0 Å². The number of nitrogens with two attached hydrogens (primary N) is 1. The average Bonchev–Trinajstić information content (AvgIpc) is 2.85. The summed E-state index contributed by atoms with van der Waals surface area (Å²) in [5.74, 6) is 6.85. The number of rotatable bonds is 5. The van der Waals surface area contributed by atoms with Crippen LogP contribution in [0.25, 0.3) is 5.65 Å². The smallest absolute Gasteiger partial charge is 0.180 e. The van der Waals surface area contributed by atoms with Gasteiger partial charge in [-0.1, -0.05) is 6.42 Å². The Labute approximate surface area is 116 Å². The molecule has 19 heavy (non-hydrogen) atoms. The molecule has 0 aromatic carbocycles. The summed E-state index contributed by atoms with van der Waals surface area (Å²) < 4.78 is 2.27. The van der Waals surface area contributed by atoms with Crippen LogP contribution < -0.4 is 16.6 Å². The number of hydrogen-bond donors (Lipinski definition) is 3. The molecule has 0 unspecified atom stereocenters. The summed E-state index contributed by atoms with van der Waals surface area (Å²) in [6, 6.07) is 0. The third-order valence-electron chi connectivity index (χ3n) is 3.80. The van der Waals surface area contributed by atoms with Crippen molar-refractivity contribution in [2.24, 2.45) is 5.84 Å². The number of nitrogen functional groups attached to an aromatic ring is 1. The van der Waals surface area contributed by atoms with Crippen molar-refractivity contribution in [1.29, 1.82) is 0 Å². The molecule has 6 nitrogen and oxygen atoms in total. The molecule has 1 aliphatic carbocycles. The van der Waals surface area contributed by atoms with E-state index in [1.807, 2.05) is 28.6 Å². The van der Waals surface area contributed by atoms with Crippen molar-refractivity contribution >= 4 is 29.0 Å². The molecule has 1 fully saturated rings. The molecule has 0 bridgehead atoms. The van der Waals surface area contributed by atoms with Crippen molar-refractivity contribution in [3.05, 3.63) is 18.6 Å². The lowest BCUT2D eigenvalue weighted by atomic mass is 9.84. The molecule has 3 rings (SSSR count). The second kappa shape index (κ2) is 4.90. The largest absolute Gasteiger partial charge is 0.366 e. The van der Waals surface area contributed by atoms with E-state index >= 15 is 0 Å². The minimum Gasteiger partial charge on any atom is -0.366 e. The molecular formula is C12H18N6S. The van der Waals surface area contributed by atoms with E-state index in [-0.39, 0.29) is 0 Å². The summed E-state index contributed by atoms with van der Waals surface area (Å²) in [7, 11) is 0. The Balaban J connectivity index is 1.85. The normalized spacial score (nSPS) is 17.2. The van der Waals surface area contributed by atoms with E-state index < -0.39 is 0 Å². The Bertz CT molecular complexity index is 571. The first-order valence-corrected chi connectivity index (χ1v) is 7.58. The number of fused-ring (bicyclic) bond motifs is 1. The van der Waals surface area contributed by atoms with Gasteiger partial charge in [0.25, 0.3) is 0 Å². The molecule has 2 heterocycles. The lowest BCUT2D eigenvalue weighted by Gasteiger charge is -2.40. The van der Waals surface area contributed by atoms with Gasteiger partial charge in [-0.05, 0) is 19.1 Å². The number of thioether (sulfide) groups is 1. The number of hydrogen-bond acceptors (Lipinski definition) is 6. The summed E-state index contributed by atoms with van der Waals surface area (Å²) in [5, 5.41) is 3.43. The summed E-state index contributed by atoms with van der Waals surface area (Å²) in [6.07, 6.45) is 11.5. The number of hydrazine groups is 1. The van der Waals surface area contributed by atoms with Crippen LogP contribution in [0.3, 0.4) is 0 Å². The first kappa shape index (κ1) is 12.6. The van der Waals surface area contributed by atoms with Crippen molar-refractivity contribution in [2.45, 2.75) is 24.0 Å². The van der Waals surface area contributed by atoms with E-state index in [0.717, 1.165) is 18.0 Å². The third-order valence-corrected chi connectivity index (χ3v) is 5.22. The molecule has 0 aliphatic heterocycles. The second-order valence-electron chi connectivity index (χ2n) is 4.87. The maximum Gasteiger partial charge on any atom is 0.180 e. The van der Waals surface area contributed by atoms with Gasteiger partial charge in [0.2, 0.25) is 0 Å². The van der Waals surface area contributed by atoms with Gasteiger partial charge in [0.1, 0.15) is 0 Å². The van der Waals surface area contributed by atoms with Crippen molar-refractivity contribution in [1.82, 2.24) is 14.4 Å². The monoisotopic (exact) mass is 278 g/mol. The van der Waals surface area contributed by atoms with Gasteiger partial charge in [0.05, 0.1) is 6.20 Å². The molecule has 1 saturated carbocycles. The van der Waals surface area contributed by atoms with E-state index in [9.17, 15) is 0 Å². The molecule has 102 valence electrons. The molecule has 0 radical (unpaired) electrons. The van der Waals surface area contributed by atoms with Crippen molar-refractivity contribution < 1.29 is 0 Å². The lowest BCUT2D eigenvalue weighted by molar-refractivity contribution is 0.379. The average molecular weight is 278 g/mol. The van der Waals surface area contributed by atoms with Gasteiger partial charge < -0.3 is 15.1 Å². The number of anilines is 2. The van der Waals surface area contributed by atoms with Gasteiger partial charge in [0, 0.05) is 23.7 Å². The summed E-state index contributed by atoms with van der Waals surface area (Å²) in [6.45, 7) is 0.914. The van der Waals surface area contributed by atoms with E-state index in [2.05, 4.69) is 27.0 Å². The molecule has 7 heteroatoms. The van der Waals surface area contributed by atoms with Crippen LogP contribution in [-0.2, 0) is 0 Å². The molecule has 0 spiro atoms. The van der Waals surface area contributed by atoms with Gasteiger partial charge in [-0.15, -0.1) is 0 Å². The highest BCUT2D eigenvalue weighted by atomic mass is 32.2. The minimum absolute atomic E-state index is 0.359. The predicted molar refractivity (Wildman–Crippen MR) is 79.4 cm³/mol. The highest BCUT2D eigenvalue weighted by Crippen LogP contribution is 2.42. The van der Waals surface area contributed by atoms with Gasteiger partial charge in [-0.25, -0.2) is 15.8 Å². The quantitative estimate of drug-likeness (QED) is 0.571. The molecule has 0 saturated heterocycles. The Morgan fingerprint density at radius 3 is 3.00 bits per heavy atom. The molecule has 0 amide bonds. The Morgan fingerprint density at radius 2 is 2.37 bits per heavy atom. The lowest BCUT2D eigenvalue weighted by Crippen LogP contribution is -2.40. The SMILES string of the molecule is CSC1(CNc2nc(NN)cn3ccnc23)CCC1. The van der Waals surface area contributed by atoms with Crippen LogP contribution in [-0.4, -0.2) is 31.9 Å². The fourth-order valence-corrected chi connectivity index (χ4v) is 3.30. The third kappa shape index (κ3) is 2.23. The van der Waals surface area contributed by atoms with Gasteiger partial charge in [0.15, 0.2) is 17.3 Å². The van der Waals surface area contributed by atoms with Crippen molar-refractivity contribution in [3.63, 3.8) is 0 Å². The number of nitrogens with one attached hydrogen (secondary N) is 2. The first-order chi connectivity index (χ1) is 9.26. The Hall–Kier alpha value is -1.47. The van der Waals surface area contributed by atoms with E-state index in [0.29, 0.717) is 10.6 Å². The summed E-state index contributed by atoms with van der Waals surface area (Å²) >= 11 is 1.94. The maximum absolute atomic E-state index is 5.45. The fraction of sp³-hybridized carbons (Fsp3) is 0.500. The van der Waals surface area contributed by atoms with Crippen LogP contribution in [0.15, 0.2) is 18.6 Å². The van der Waals surface area contributed by atoms with Crippen LogP contribution in [0.5, 0.6) is 0 Å². The van der Waals surface area contributed by atoms with E-state index in [4.69, 9.17) is 5.84 Å². The Morgan fingerprint density at radius 1 is 1.53 bits per heavy atom. The zero-order chi connectivity index (χ0) is 13.3. The van der Waals surface area contributed by atoms with Crippen LogP contribution in [0.4, 0.5) is 11.6 Å². The highest BCUT2D eigenvalue weighted by Gasteiger charge is 2.36. The highest BCUT2D eigenvalue weighted by molar-refractivity contribution is 8.00. The van der Waals surface area contributed by atoms with Gasteiger partial charge in [-0.3, -0.25) is 0 Å². The minimum atomic E-state index is 0.359. The molecule has 2 aromatic heterocycles. The van der Waals surface area contributed by atoms with Crippen molar-refractivity contribution in [3.8, 4) is 0 Å². The standard InChI is InChI=1S/C12H18N6S/c1-19-12(3-2-4-12)8-15-10-11-14-5-6-18(11)7-9(16-10)17-13/h5-7,17H,2-4,8,13H2,1H3,(H,15,16). The topological polar surface area (TPSA) is 80.3 Å². The zero-order valence-corrected chi connectivity index (χ0v) is 11.7. The number of nitrogens with zero attached hydrogens (tertiary/aromatic N) is 3. The molecule has 4 N–H and O–H groups in total. The molecular weight excluding hydrogens is 260 g/mol. The van der Waals surface area contributed by atoms with E-state index in [1.54, 1.807) is 6.20 Å². The summed E-state index contributed by atoms with van der Waals surface area (Å²) in [5.41, 5.74) is 3.41. The van der Waals surface area contributed by atoms with Crippen LogP contribution >= 0.6 is 11.8 Å². The van der Waals surface area contributed by atoms with E-state index in [1.165, 1.54) is 19.3 Å². The molecule has 2 aromatic rings. The van der Waals surface area contributed by atoms with Crippen LogP contribution in [0.1, 0.15) is 19.3 Å².